The number of hydrazine groups is 1. The highest BCUT2D eigenvalue weighted by molar-refractivity contribution is 8.17. The minimum absolute atomic E-state index is 0.0368. The first kappa shape index (κ1) is 17.5. The molecular weight excluding hydrogens is 354 g/mol. The van der Waals surface area contributed by atoms with Gasteiger partial charge in [0.25, 0.3) is 0 Å². The minimum atomic E-state index is -0.0368. The van der Waals surface area contributed by atoms with Crippen LogP contribution in [-0.4, -0.2) is 18.0 Å². The van der Waals surface area contributed by atoms with Gasteiger partial charge in [-0.05, 0) is 52.7 Å². The number of ketones is 1. The lowest BCUT2D eigenvalue weighted by Gasteiger charge is -2.18. The number of halogens is 1. The molecule has 0 aliphatic heterocycles. The molecule has 0 radical (unpaired) electrons. The van der Waals surface area contributed by atoms with Gasteiger partial charge in [-0.2, -0.15) is 0 Å². The summed E-state index contributed by atoms with van der Waals surface area (Å²) < 4.78 is 0. The monoisotopic (exact) mass is 369 g/mol. The fourth-order valence-corrected chi connectivity index (χ4v) is 3.40. The van der Waals surface area contributed by atoms with Gasteiger partial charge >= 0.3 is 0 Å². The largest absolute Gasteiger partial charge is 0.303 e. The van der Waals surface area contributed by atoms with Crippen molar-refractivity contribution in [2.45, 2.75) is 0 Å². The first-order valence-electron chi connectivity index (χ1n) is 7.56. The Hall–Kier alpha value is -2.34. The maximum absolute atomic E-state index is 12.8. The van der Waals surface area contributed by atoms with E-state index in [0.29, 0.717) is 20.7 Å². The van der Waals surface area contributed by atoms with Crippen molar-refractivity contribution in [1.29, 1.82) is 0 Å². The molecule has 1 aliphatic rings. The maximum Gasteiger partial charge on any atom is 0.200 e. The van der Waals surface area contributed by atoms with E-state index >= 15 is 0 Å². The molecule has 1 aliphatic carbocycles. The molecule has 0 fully saturated rings. The SMILES string of the molecule is CN=C(NN)SC1=CC(=Cc2ccc(Cl)cc2)c2ccccc2C1=O. The third-order valence-corrected chi connectivity index (χ3v) is 4.99. The molecule has 0 aromatic heterocycles. The van der Waals surface area contributed by atoms with Crippen LogP contribution in [0.5, 0.6) is 0 Å². The first-order chi connectivity index (χ1) is 12.1. The van der Waals surface area contributed by atoms with Crippen molar-refractivity contribution in [2.75, 3.05) is 7.05 Å². The summed E-state index contributed by atoms with van der Waals surface area (Å²) in [6, 6.07) is 15.1. The molecule has 3 rings (SSSR count). The summed E-state index contributed by atoms with van der Waals surface area (Å²) in [4.78, 5) is 17.4. The van der Waals surface area contributed by atoms with Crippen molar-refractivity contribution in [3.8, 4) is 0 Å². The van der Waals surface area contributed by atoms with Crippen molar-refractivity contribution in [3.05, 3.63) is 81.2 Å². The van der Waals surface area contributed by atoms with Crippen molar-refractivity contribution in [1.82, 2.24) is 5.43 Å². The van der Waals surface area contributed by atoms with Gasteiger partial charge in [-0.15, -0.1) is 0 Å². The molecule has 0 spiro atoms. The molecule has 0 saturated carbocycles. The molecule has 0 unspecified atom stereocenters. The molecule has 0 saturated heterocycles. The number of fused-ring (bicyclic) bond motifs is 1. The van der Waals surface area contributed by atoms with Crippen LogP contribution in [-0.2, 0) is 0 Å². The zero-order valence-corrected chi connectivity index (χ0v) is 15.1. The first-order valence-corrected chi connectivity index (χ1v) is 8.76. The lowest BCUT2D eigenvalue weighted by molar-refractivity contribution is 0.104. The van der Waals surface area contributed by atoms with Crippen LogP contribution in [0.1, 0.15) is 21.5 Å². The van der Waals surface area contributed by atoms with Crippen LogP contribution in [0.15, 0.2) is 64.5 Å². The fraction of sp³-hybridized carbons (Fsp3) is 0.0526. The van der Waals surface area contributed by atoms with Crippen LogP contribution in [0.25, 0.3) is 11.6 Å². The van der Waals surface area contributed by atoms with Crippen LogP contribution >= 0.6 is 23.4 Å². The maximum atomic E-state index is 12.8. The molecule has 0 bridgehead atoms. The number of rotatable bonds is 2. The number of amidine groups is 1. The summed E-state index contributed by atoms with van der Waals surface area (Å²) in [5, 5.41) is 1.16. The zero-order valence-electron chi connectivity index (χ0n) is 13.5. The number of Topliss-reactive ketones (excluding diaryl/α,β-unsaturated/α-hetero) is 1. The van der Waals surface area contributed by atoms with E-state index in [9.17, 15) is 4.79 Å². The molecule has 2 aromatic carbocycles. The predicted octanol–water partition coefficient (Wildman–Crippen LogP) is 4.14. The highest BCUT2D eigenvalue weighted by atomic mass is 35.5. The third kappa shape index (κ3) is 3.85. The number of allylic oxidation sites excluding steroid dienone is 3. The van der Waals surface area contributed by atoms with Gasteiger partial charge in [0.05, 0.1) is 4.91 Å². The van der Waals surface area contributed by atoms with Gasteiger partial charge in [0.2, 0.25) is 0 Å². The molecule has 25 heavy (non-hydrogen) atoms. The van der Waals surface area contributed by atoms with Crippen LogP contribution in [0, 0.1) is 0 Å². The molecule has 0 atom stereocenters. The van der Waals surface area contributed by atoms with E-state index in [0.717, 1.165) is 16.7 Å². The number of hydrogen-bond acceptors (Lipinski definition) is 4. The molecular formula is C19H16ClN3OS. The van der Waals surface area contributed by atoms with Crippen molar-refractivity contribution < 1.29 is 4.79 Å². The highest BCUT2D eigenvalue weighted by Crippen LogP contribution is 2.35. The summed E-state index contributed by atoms with van der Waals surface area (Å²) >= 11 is 7.17. The average Bonchev–Trinajstić information content (AvgIpc) is 2.65. The third-order valence-electron chi connectivity index (χ3n) is 3.72. The Balaban J connectivity index is 2.08. The summed E-state index contributed by atoms with van der Waals surface area (Å²) in [5.74, 6) is 5.41. The Morgan fingerprint density at radius 1 is 1.16 bits per heavy atom. The number of nitrogens with two attached hydrogens (primary N) is 1. The summed E-state index contributed by atoms with van der Waals surface area (Å²) in [5.41, 5.74) is 6.03. The fourth-order valence-electron chi connectivity index (χ4n) is 2.53. The van der Waals surface area contributed by atoms with Gasteiger partial charge in [0, 0.05) is 17.6 Å². The minimum Gasteiger partial charge on any atom is -0.303 e. The van der Waals surface area contributed by atoms with E-state index in [1.807, 2.05) is 60.7 Å². The zero-order chi connectivity index (χ0) is 17.8. The molecule has 0 heterocycles. The van der Waals surface area contributed by atoms with Crippen molar-refractivity contribution >= 4 is 46.0 Å². The Morgan fingerprint density at radius 2 is 1.84 bits per heavy atom. The normalized spacial score (nSPS) is 15.8. The lowest BCUT2D eigenvalue weighted by atomic mass is 9.90. The number of thioether (sulfide) groups is 1. The summed E-state index contributed by atoms with van der Waals surface area (Å²) in [6.45, 7) is 0. The standard InChI is InChI=1S/C19H16ClN3OS/c1-22-19(23-21)25-17-11-13(10-12-6-8-14(20)9-7-12)15-4-2-3-5-16(15)18(17)24/h2-11H,21H2,1H3,(H,22,23). The van der Waals surface area contributed by atoms with Crippen LogP contribution in [0.3, 0.4) is 0 Å². The number of aliphatic imine (C=N–C) groups is 1. The second kappa shape index (κ2) is 7.70. The van der Waals surface area contributed by atoms with Gasteiger partial charge in [0.15, 0.2) is 11.0 Å². The highest BCUT2D eigenvalue weighted by Gasteiger charge is 2.24. The van der Waals surface area contributed by atoms with E-state index in [4.69, 9.17) is 17.4 Å². The number of hydrogen-bond donors (Lipinski definition) is 2. The molecule has 4 nitrogen and oxygen atoms in total. The number of carbonyl (C=O) groups is 1. The van der Waals surface area contributed by atoms with Gasteiger partial charge in [0.1, 0.15) is 0 Å². The Morgan fingerprint density at radius 3 is 2.48 bits per heavy atom. The van der Waals surface area contributed by atoms with Gasteiger partial charge in [-0.25, -0.2) is 5.84 Å². The van der Waals surface area contributed by atoms with Crippen molar-refractivity contribution in [2.24, 2.45) is 10.8 Å². The second-order valence-corrected chi connectivity index (χ2v) is 6.78. The number of carbonyl (C=O) groups excluding carboxylic acids is 1. The van der Waals surface area contributed by atoms with Crippen LogP contribution < -0.4 is 11.3 Å². The molecule has 6 heteroatoms. The predicted molar refractivity (Wildman–Crippen MR) is 106 cm³/mol. The Bertz CT molecular complexity index is 901. The van der Waals surface area contributed by atoms with Gasteiger partial charge in [-0.3, -0.25) is 9.79 Å². The van der Waals surface area contributed by atoms with E-state index in [2.05, 4.69) is 10.4 Å². The van der Waals surface area contributed by atoms with E-state index < -0.39 is 0 Å². The molecule has 126 valence electrons. The lowest BCUT2D eigenvalue weighted by Crippen LogP contribution is -2.28. The molecule has 0 amide bonds. The van der Waals surface area contributed by atoms with Crippen molar-refractivity contribution in [3.63, 3.8) is 0 Å². The number of nitrogens with one attached hydrogen (secondary N) is 1. The number of nitrogens with zero attached hydrogens (tertiary/aromatic N) is 1. The van der Waals surface area contributed by atoms with Crippen LogP contribution in [0.4, 0.5) is 0 Å². The van der Waals surface area contributed by atoms with Gasteiger partial charge < -0.3 is 5.43 Å². The average molecular weight is 370 g/mol. The van der Waals surface area contributed by atoms with E-state index in [-0.39, 0.29) is 5.78 Å². The smallest absolute Gasteiger partial charge is 0.200 e. The van der Waals surface area contributed by atoms with E-state index in [1.165, 1.54) is 11.8 Å². The number of benzene rings is 2. The Labute approximate surface area is 155 Å². The summed E-state index contributed by atoms with van der Waals surface area (Å²) in [7, 11) is 1.62. The quantitative estimate of drug-likeness (QED) is 0.361. The topological polar surface area (TPSA) is 67.5 Å². The Kier molecular flexibility index (Phi) is 5.38. The van der Waals surface area contributed by atoms with E-state index in [1.54, 1.807) is 7.05 Å². The molecule has 2 aromatic rings. The second-order valence-electron chi connectivity index (χ2n) is 5.31. The summed E-state index contributed by atoms with van der Waals surface area (Å²) in [6.07, 6.45) is 3.90. The van der Waals surface area contributed by atoms with Crippen LogP contribution in [0.2, 0.25) is 5.02 Å². The van der Waals surface area contributed by atoms with Gasteiger partial charge in [-0.1, -0.05) is 48.0 Å². The molecule has 3 N–H and O–H groups in total.